The number of carboxylic acids is 1. The van der Waals surface area contributed by atoms with Crippen LogP contribution < -0.4 is 5.32 Å². The Hall–Kier alpha value is -0.910. The topological polar surface area (TPSA) is 66.4 Å². The second-order valence-corrected chi connectivity index (χ2v) is 6.14. The third-order valence-corrected chi connectivity index (χ3v) is 4.99. The van der Waals surface area contributed by atoms with Crippen LogP contribution in [0.4, 0.5) is 0 Å². The summed E-state index contributed by atoms with van der Waals surface area (Å²) < 4.78 is 0. The average molecular weight is 320 g/mol. The van der Waals surface area contributed by atoms with Gasteiger partial charge in [-0.25, -0.2) is 4.79 Å². The van der Waals surface area contributed by atoms with Crippen LogP contribution in [0.15, 0.2) is 18.2 Å². The van der Waals surface area contributed by atoms with Gasteiger partial charge in [0.05, 0.1) is 15.6 Å². The molecule has 0 unspecified atom stereocenters. The molecule has 1 fully saturated rings. The predicted molar refractivity (Wildman–Crippen MR) is 76.2 cm³/mol. The van der Waals surface area contributed by atoms with Crippen molar-refractivity contribution in [2.45, 2.75) is 12.0 Å². The molecule has 1 atom stereocenters. The molecule has 1 aromatic carbocycles. The van der Waals surface area contributed by atoms with E-state index >= 15 is 0 Å². The summed E-state index contributed by atoms with van der Waals surface area (Å²) in [7, 11) is 0. The number of nitrogens with one attached hydrogen (secondary N) is 1. The van der Waals surface area contributed by atoms with Gasteiger partial charge < -0.3 is 10.4 Å². The van der Waals surface area contributed by atoms with Crippen molar-refractivity contribution in [1.82, 2.24) is 5.32 Å². The first-order valence-electron chi connectivity index (χ1n) is 5.54. The molecule has 0 radical (unpaired) electrons. The fourth-order valence-corrected chi connectivity index (χ4v) is 3.56. The largest absolute Gasteiger partial charge is 0.479 e. The van der Waals surface area contributed by atoms with Crippen LogP contribution in [0.2, 0.25) is 10.0 Å². The highest BCUT2D eigenvalue weighted by atomic mass is 35.5. The summed E-state index contributed by atoms with van der Waals surface area (Å²) >= 11 is 13.3. The van der Waals surface area contributed by atoms with Crippen molar-refractivity contribution in [1.29, 1.82) is 0 Å². The van der Waals surface area contributed by atoms with Crippen LogP contribution in [0.1, 0.15) is 16.8 Å². The van der Waals surface area contributed by atoms with Crippen molar-refractivity contribution in [3.8, 4) is 0 Å². The van der Waals surface area contributed by atoms with Crippen molar-refractivity contribution >= 4 is 46.8 Å². The van der Waals surface area contributed by atoms with Crippen molar-refractivity contribution in [2.24, 2.45) is 0 Å². The Labute approximate surface area is 124 Å². The molecule has 19 heavy (non-hydrogen) atoms. The lowest BCUT2D eigenvalue weighted by atomic mass is 9.98. The molecule has 1 aliphatic rings. The quantitative estimate of drug-likeness (QED) is 0.899. The highest BCUT2D eigenvalue weighted by molar-refractivity contribution is 7.99. The molecule has 0 saturated carbocycles. The van der Waals surface area contributed by atoms with Crippen molar-refractivity contribution in [3.05, 3.63) is 33.8 Å². The van der Waals surface area contributed by atoms with Crippen molar-refractivity contribution in [3.63, 3.8) is 0 Å². The Morgan fingerprint density at radius 3 is 2.68 bits per heavy atom. The molecule has 4 nitrogen and oxygen atoms in total. The van der Waals surface area contributed by atoms with Gasteiger partial charge in [-0.2, -0.15) is 11.8 Å². The molecular weight excluding hydrogens is 309 g/mol. The van der Waals surface area contributed by atoms with Crippen LogP contribution >= 0.6 is 35.0 Å². The van der Waals surface area contributed by atoms with E-state index in [1.54, 1.807) is 12.1 Å². The standard InChI is InChI=1S/C12H11Cl2NO3S/c13-8-3-1-2-7(9(8)14)10(16)15-12(11(17)18)4-5-19-6-12/h1-3H,4-6H2,(H,15,16)(H,17,18)/t12-/m1/s1. The van der Waals surface area contributed by atoms with E-state index in [9.17, 15) is 14.7 Å². The van der Waals surface area contributed by atoms with Crippen LogP contribution in [0.3, 0.4) is 0 Å². The van der Waals surface area contributed by atoms with Crippen LogP contribution in [-0.2, 0) is 4.79 Å². The Balaban J connectivity index is 2.25. The minimum absolute atomic E-state index is 0.132. The molecule has 0 bridgehead atoms. The molecule has 0 spiro atoms. The predicted octanol–water partition coefficient (Wildman–Crippen LogP) is 2.68. The smallest absolute Gasteiger partial charge is 0.330 e. The Kier molecular flexibility index (Phi) is 4.28. The second-order valence-electron chi connectivity index (χ2n) is 4.25. The minimum Gasteiger partial charge on any atom is -0.479 e. The second kappa shape index (κ2) is 5.61. The highest BCUT2D eigenvalue weighted by Crippen LogP contribution is 2.30. The number of carbonyl (C=O) groups is 2. The van der Waals surface area contributed by atoms with Gasteiger partial charge in [0.2, 0.25) is 0 Å². The van der Waals surface area contributed by atoms with E-state index in [1.807, 2.05) is 0 Å². The summed E-state index contributed by atoms with van der Waals surface area (Å²) in [6, 6.07) is 4.68. The number of hydrogen-bond acceptors (Lipinski definition) is 3. The number of thioether (sulfide) groups is 1. The molecule has 2 rings (SSSR count). The van der Waals surface area contributed by atoms with E-state index in [-0.39, 0.29) is 15.6 Å². The first-order valence-corrected chi connectivity index (χ1v) is 7.45. The summed E-state index contributed by atoms with van der Waals surface area (Å²) in [5.41, 5.74) is -1.03. The molecule has 1 heterocycles. The SMILES string of the molecule is O=C(N[C@]1(C(=O)O)CCSC1)c1cccc(Cl)c1Cl. The van der Waals surface area contributed by atoms with Gasteiger partial charge in [0.1, 0.15) is 5.54 Å². The number of halogens is 2. The van der Waals surface area contributed by atoms with Gasteiger partial charge >= 0.3 is 5.97 Å². The number of benzene rings is 1. The molecule has 1 saturated heterocycles. The van der Waals surface area contributed by atoms with E-state index in [1.165, 1.54) is 17.8 Å². The molecule has 7 heteroatoms. The zero-order valence-corrected chi connectivity index (χ0v) is 12.1. The number of amides is 1. The molecule has 1 aliphatic heterocycles. The van der Waals surface area contributed by atoms with Crippen LogP contribution in [0, 0.1) is 0 Å². The number of rotatable bonds is 3. The molecule has 102 valence electrons. The van der Waals surface area contributed by atoms with E-state index in [0.717, 1.165) is 0 Å². The fourth-order valence-electron chi connectivity index (χ4n) is 1.85. The van der Waals surface area contributed by atoms with Gasteiger partial charge in [0.25, 0.3) is 5.91 Å². The molecule has 2 N–H and O–H groups in total. The first-order chi connectivity index (χ1) is 8.96. The third-order valence-electron chi connectivity index (χ3n) is 2.98. The van der Waals surface area contributed by atoms with Crippen LogP contribution in [-0.4, -0.2) is 34.0 Å². The van der Waals surface area contributed by atoms with Gasteiger partial charge in [-0.1, -0.05) is 29.3 Å². The van der Waals surface area contributed by atoms with Gasteiger partial charge in [-0.05, 0) is 24.3 Å². The molecule has 0 aromatic heterocycles. The summed E-state index contributed by atoms with van der Waals surface area (Å²) in [4.78, 5) is 23.5. The third kappa shape index (κ3) is 2.83. The number of carboxylic acid groups (broad SMARTS) is 1. The highest BCUT2D eigenvalue weighted by Gasteiger charge is 2.43. The summed E-state index contributed by atoms with van der Waals surface area (Å²) in [5, 5.41) is 12.3. The Morgan fingerprint density at radius 1 is 1.37 bits per heavy atom. The Bertz CT molecular complexity index is 530. The van der Waals surface area contributed by atoms with Crippen LogP contribution in [0.5, 0.6) is 0 Å². The van der Waals surface area contributed by atoms with Crippen molar-refractivity contribution in [2.75, 3.05) is 11.5 Å². The zero-order valence-electron chi connectivity index (χ0n) is 9.78. The lowest BCUT2D eigenvalue weighted by Crippen LogP contribution is -2.54. The lowest BCUT2D eigenvalue weighted by Gasteiger charge is -2.24. The maximum Gasteiger partial charge on any atom is 0.330 e. The summed E-state index contributed by atoms with van der Waals surface area (Å²) in [6.07, 6.45) is 0.400. The summed E-state index contributed by atoms with van der Waals surface area (Å²) in [6.45, 7) is 0. The van der Waals surface area contributed by atoms with E-state index in [4.69, 9.17) is 23.2 Å². The minimum atomic E-state index is -1.21. The maximum atomic E-state index is 12.2. The lowest BCUT2D eigenvalue weighted by molar-refractivity contribution is -0.143. The number of hydrogen-bond donors (Lipinski definition) is 2. The molecule has 1 aromatic rings. The average Bonchev–Trinajstić information content (AvgIpc) is 2.82. The molecule has 0 aliphatic carbocycles. The van der Waals surface area contributed by atoms with Gasteiger partial charge in [-0.15, -0.1) is 0 Å². The van der Waals surface area contributed by atoms with Gasteiger partial charge in [-0.3, -0.25) is 4.79 Å². The number of carbonyl (C=O) groups excluding carboxylic acids is 1. The number of aliphatic carboxylic acids is 1. The van der Waals surface area contributed by atoms with Crippen molar-refractivity contribution < 1.29 is 14.7 Å². The molecule has 1 amide bonds. The van der Waals surface area contributed by atoms with E-state index in [0.29, 0.717) is 17.9 Å². The first kappa shape index (κ1) is 14.5. The Morgan fingerprint density at radius 2 is 2.11 bits per heavy atom. The van der Waals surface area contributed by atoms with E-state index < -0.39 is 17.4 Å². The zero-order chi connectivity index (χ0) is 14.0. The van der Waals surface area contributed by atoms with Gasteiger partial charge in [0, 0.05) is 5.75 Å². The maximum absolute atomic E-state index is 12.2. The van der Waals surface area contributed by atoms with E-state index in [2.05, 4.69) is 5.32 Å². The van der Waals surface area contributed by atoms with Crippen LogP contribution in [0.25, 0.3) is 0 Å². The summed E-state index contributed by atoms with van der Waals surface area (Å²) in [5.74, 6) is -0.483. The monoisotopic (exact) mass is 319 g/mol. The van der Waals surface area contributed by atoms with Gasteiger partial charge in [0.15, 0.2) is 0 Å². The fraction of sp³-hybridized carbons (Fsp3) is 0.333. The molecular formula is C12H11Cl2NO3S. The normalized spacial score (nSPS) is 22.2.